The molecule has 1 atom stereocenters. The number of azo groups is 1. The minimum absolute atomic E-state index is 0.233. The van der Waals surface area contributed by atoms with E-state index in [1.807, 2.05) is 6.92 Å². The van der Waals surface area contributed by atoms with Gasteiger partial charge in [-0.2, -0.15) is 10.2 Å². The summed E-state index contributed by atoms with van der Waals surface area (Å²) in [5.41, 5.74) is 1.55. The Balaban J connectivity index is 2.30. The molecule has 7 nitrogen and oxygen atoms in total. The zero-order valence-corrected chi connectivity index (χ0v) is 17.3. The van der Waals surface area contributed by atoms with E-state index in [4.69, 9.17) is 32.7 Å². The molecule has 2 aromatic rings. The summed E-state index contributed by atoms with van der Waals surface area (Å²) in [4.78, 5) is 24.6. The van der Waals surface area contributed by atoms with Crippen molar-refractivity contribution in [2.24, 2.45) is 10.2 Å². The molecule has 0 aliphatic heterocycles. The van der Waals surface area contributed by atoms with Gasteiger partial charge in [-0.3, -0.25) is 9.59 Å². The number of aryl methyl sites for hydroxylation is 1. The molecule has 2 aromatic carbocycles. The summed E-state index contributed by atoms with van der Waals surface area (Å²) in [5, 5.41) is 11.0. The molecule has 0 bridgehead atoms. The molecule has 2 rings (SSSR count). The molecule has 0 spiro atoms. The summed E-state index contributed by atoms with van der Waals surface area (Å²) >= 11 is 12.2. The van der Waals surface area contributed by atoms with Gasteiger partial charge >= 0.3 is 0 Å². The SMILES string of the molecule is COc1cc(Cl)c(OC)c(NC(=O)C(N=Nc2ccc(C)cc2Cl)C(C)=O)c1. The van der Waals surface area contributed by atoms with E-state index in [-0.39, 0.29) is 16.5 Å². The Labute approximate surface area is 172 Å². The number of methoxy groups -OCH3 is 2. The minimum Gasteiger partial charge on any atom is -0.497 e. The molecule has 1 amide bonds. The number of nitrogens with zero attached hydrogens (tertiary/aromatic N) is 2. The topological polar surface area (TPSA) is 89.3 Å². The number of benzene rings is 2. The van der Waals surface area contributed by atoms with Crippen LogP contribution in [0.4, 0.5) is 11.4 Å². The van der Waals surface area contributed by atoms with E-state index >= 15 is 0 Å². The maximum atomic E-state index is 12.6. The molecule has 1 N–H and O–H groups in total. The molecule has 9 heteroatoms. The molecular weight excluding hydrogens is 405 g/mol. The van der Waals surface area contributed by atoms with Crippen molar-refractivity contribution in [3.63, 3.8) is 0 Å². The van der Waals surface area contributed by atoms with Gasteiger partial charge in [-0.15, -0.1) is 0 Å². The Morgan fingerprint density at radius 1 is 1.07 bits per heavy atom. The monoisotopic (exact) mass is 423 g/mol. The van der Waals surface area contributed by atoms with Gasteiger partial charge in [0.25, 0.3) is 5.91 Å². The number of carbonyl (C=O) groups excluding carboxylic acids is 2. The van der Waals surface area contributed by atoms with Crippen molar-refractivity contribution >= 4 is 46.3 Å². The number of ether oxygens (including phenoxy) is 2. The fourth-order valence-electron chi connectivity index (χ4n) is 2.32. The summed E-state index contributed by atoms with van der Waals surface area (Å²) in [6, 6.07) is 6.85. The average molecular weight is 424 g/mol. The molecule has 0 heterocycles. The summed E-state index contributed by atoms with van der Waals surface area (Å²) in [5.74, 6) is -0.537. The Morgan fingerprint density at radius 3 is 2.36 bits per heavy atom. The van der Waals surface area contributed by atoms with Crippen LogP contribution in [0.5, 0.6) is 11.5 Å². The lowest BCUT2D eigenvalue weighted by Gasteiger charge is -2.15. The zero-order valence-electron chi connectivity index (χ0n) is 15.7. The third-order valence-corrected chi connectivity index (χ3v) is 4.32. The van der Waals surface area contributed by atoms with E-state index < -0.39 is 17.7 Å². The second-order valence-electron chi connectivity index (χ2n) is 5.86. The number of nitrogens with one attached hydrogen (secondary N) is 1. The summed E-state index contributed by atoms with van der Waals surface area (Å²) in [6.45, 7) is 3.13. The second-order valence-corrected chi connectivity index (χ2v) is 6.68. The third-order valence-electron chi connectivity index (χ3n) is 3.73. The molecule has 0 fully saturated rings. The van der Waals surface area contributed by atoms with E-state index in [2.05, 4.69) is 15.5 Å². The summed E-state index contributed by atoms with van der Waals surface area (Å²) < 4.78 is 10.4. The van der Waals surface area contributed by atoms with Gasteiger partial charge in [0.1, 0.15) is 11.4 Å². The quantitative estimate of drug-likeness (QED) is 0.501. The molecule has 0 aliphatic carbocycles. The van der Waals surface area contributed by atoms with Gasteiger partial charge in [0.05, 0.1) is 30.0 Å². The van der Waals surface area contributed by atoms with Crippen LogP contribution in [0.1, 0.15) is 12.5 Å². The minimum atomic E-state index is -1.37. The van der Waals surface area contributed by atoms with Crippen LogP contribution in [0.25, 0.3) is 0 Å². The smallest absolute Gasteiger partial charge is 0.258 e. The number of anilines is 1. The molecule has 0 aromatic heterocycles. The van der Waals surface area contributed by atoms with Crippen LogP contribution in [0.3, 0.4) is 0 Å². The van der Waals surface area contributed by atoms with Crippen molar-refractivity contribution in [3.8, 4) is 11.5 Å². The molecular formula is C19H19Cl2N3O4. The average Bonchev–Trinajstić information content (AvgIpc) is 2.62. The molecule has 0 saturated carbocycles. The van der Waals surface area contributed by atoms with E-state index in [9.17, 15) is 9.59 Å². The highest BCUT2D eigenvalue weighted by Crippen LogP contribution is 2.37. The largest absolute Gasteiger partial charge is 0.497 e. The van der Waals surface area contributed by atoms with Crippen molar-refractivity contribution in [1.29, 1.82) is 0 Å². The van der Waals surface area contributed by atoms with Crippen LogP contribution in [0.15, 0.2) is 40.6 Å². The van der Waals surface area contributed by atoms with Gasteiger partial charge < -0.3 is 14.8 Å². The second kappa shape index (κ2) is 9.52. The van der Waals surface area contributed by atoms with Crippen molar-refractivity contribution in [1.82, 2.24) is 0 Å². The molecule has 148 valence electrons. The van der Waals surface area contributed by atoms with Crippen molar-refractivity contribution in [2.75, 3.05) is 19.5 Å². The van der Waals surface area contributed by atoms with Crippen LogP contribution >= 0.6 is 23.2 Å². The maximum Gasteiger partial charge on any atom is 0.258 e. The number of ketones is 1. The number of hydrogen-bond donors (Lipinski definition) is 1. The normalized spacial score (nSPS) is 11.9. The highest BCUT2D eigenvalue weighted by Gasteiger charge is 2.25. The van der Waals surface area contributed by atoms with Crippen LogP contribution in [-0.2, 0) is 9.59 Å². The van der Waals surface area contributed by atoms with Crippen molar-refractivity contribution < 1.29 is 19.1 Å². The van der Waals surface area contributed by atoms with E-state index in [1.165, 1.54) is 33.3 Å². The number of carbonyl (C=O) groups is 2. The van der Waals surface area contributed by atoms with E-state index in [1.54, 1.807) is 18.2 Å². The van der Waals surface area contributed by atoms with Gasteiger partial charge in [0, 0.05) is 12.1 Å². The number of amides is 1. The number of halogens is 2. The lowest BCUT2D eigenvalue weighted by Crippen LogP contribution is -2.32. The van der Waals surface area contributed by atoms with Crippen LogP contribution < -0.4 is 14.8 Å². The van der Waals surface area contributed by atoms with Crippen LogP contribution in [-0.4, -0.2) is 32.0 Å². The summed E-state index contributed by atoms with van der Waals surface area (Å²) in [7, 11) is 2.87. The number of rotatable bonds is 7. The van der Waals surface area contributed by atoms with Gasteiger partial charge in [0.2, 0.25) is 6.04 Å². The molecule has 28 heavy (non-hydrogen) atoms. The Morgan fingerprint density at radius 2 is 1.79 bits per heavy atom. The van der Waals surface area contributed by atoms with Crippen molar-refractivity contribution in [3.05, 3.63) is 45.9 Å². The van der Waals surface area contributed by atoms with Gasteiger partial charge in [-0.1, -0.05) is 29.3 Å². The first-order valence-corrected chi connectivity index (χ1v) is 8.92. The predicted molar refractivity (Wildman–Crippen MR) is 108 cm³/mol. The van der Waals surface area contributed by atoms with Gasteiger partial charge in [-0.05, 0) is 31.5 Å². The fourth-order valence-corrected chi connectivity index (χ4v) is 2.88. The van der Waals surface area contributed by atoms with Crippen LogP contribution in [0.2, 0.25) is 10.0 Å². The highest BCUT2D eigenvalue weighted by atomic mass is 35.5. The number of hydrogen-bond acceptors (Lipinski definition) is 6. The third kappa shape index (κ3) is 5.21. The first kappa shape index (κ1) is 21.7. The lowest BCUT2D eigenvalue weighted by molar-refractivity contribution is -0.126. The van der Waals surface area contributed by atoms with Crippen molar-refractivity contribution in [2.45, 2.75) is 19.9 Å². The standard InChI is InChI=1S/C19H19Cl2N3O4/c1-10-5-6-15(13(20)7-10)23-24-17(11(2)25)19(26)22-16-9-12(27-3)8-14(21)18(16)28-4/h5-9,17H,1-4H3,(H,22,26). The summed E-state index contributed by atoms with van der Waals surface area (Å²) in [6.07, 6.45) is 0. The highest BCUT2D eigenvalue weighted by molar-refractivity contribution is 6.33. The van der Waals surface area contributed by atoms with E-state index in [0.717, 1.165) is 5.56 Å². The first-order valence-electron chi connectivity index (χ1n) is 8.16. The first-order chi connectivity index (χ1) is 13.3. The van der Waals surface area contributed by atoms with E-state index in [0.29, 0.717) is 16.5 Å². The lowest BCUT2D eigenvalue weighted by atomic mass is 10.2. The molecule has 1 unspecified atom stereocenters. The maximum absolute atomic E-state index is 12.6. The van der Waals surface area contributed by atoms with Gasteiger partial charge in [-0.25, -0.2) is 0 Å². The van der Waals surface area contributed by atoms with Gasteiger partial charge in [0.15, 0.2) is 11.5 Å². The van der Waals surface area contributed by atoms with Crippen LogP contribution in [0, 0.1) is 6.92 Å². The Kier molecular flexibility index (Phi) is 7.37. The molecule has 0 radical (unpaired) electrons. The number of Topliss-reactive ketones (excluding diaryl/α,β-unsaturated/α-hetero) is 1. The Bertz CT molecular complexity index is 932. The predicted octanol–water partition coefficient (Wildman–Crippen LogP) is 5.00. The zero-order chi connectivity index (χ0) is 20.8. The fraction of sp³-hybridized carbons (Fsp3) is 0.263. The Hall–Kier alpha value is -2.64. The molecule has 0 aliphatic rings. The molecule has 0 saturated heterocycles.